The lowest BCUT2D eigenvalue weighted by molar-refractivity contribution is 0.0678. The van der Waals surface area contributed by atoms with Gasteiger partial charge in [-0.2, -0.15) is 5.10 Å². The lowest BCUT2D eigenvalue weighted by Gasteiger charge is -2.26. The second kappa shape index (κ2) is 8.21. The molecule has 4 rings (SSSR count). The molecule has 0 radical (unpaired) electrons. The molecule has 1 aliphatic heterocycles. The molecule has 3 aromatic rings. The first-order valence-corrected chi connectivity index (χ1v) is 11.3. The molecule has 0 saturated carbocycles. The van der Waals surface area contributed by atoms with Gasteiger partial charge in [0, 0.05) is 48.1 Å². The van der Waals surface area contributed by atoms with Gasteiger partial charge in [-0.3, -0.25) is 9.69 Å². The number of methoxy groups -OCH3 is 1. The zero-order chi connectivity index (χ0) is 23.4. The maximum absolute atomic E-state index is 13.4. The Balaban J connectivity index is 2.00. The summed E-state index contributed by atoms with van der Waals surface area (Å²) >= 11 is 16.1. The van der Waals surface area contributed by atoms with E-state index in [-0.39, 0.29) is 18.2 Å². The summed E-state index contributed by atoms with van der Waals surface area (Å²) in [6.07, 6.45) is 0. The van der Waals surface area contributed by atoms with Gasteiger partial charge < -0.3 is 9.47 Å². The average molecular weight is 538 g/mol. The van der Waals surface area contributed by atoms with Gasteiger partial charge in [0.25, 0.3) is 5.91 Å². The first kappa shape index (κ1) is 22.8. The van der Waals surface area contributed by atoms with Crippen molar-refractivity contribution in [2.45, 2.75) is 26.0 Å². The van der Waals surface area contributed by atoms with Crippen LogP contribution < -0.4 is 9.47 Å². The van der Waals surface area contributed by atoms with Crippen molar-refractivity contribution in [3.05, 3.63) is 63.0 Å². The van der Waals surface area contributed by atoms with Crippen molar-refractivity contribution in [2.24, 2.45) is 0 Å². The predicted octanol–water partition coefficient (Wildman–Crippen LogP) is 6.19. The predicted molar refractivity (Wildman–Crippen MR) is 129 cm³/mol. The number of carbonyl (C=O) groups excluding carboxylic acids is 1. The van der Waals surface area contributed by atoms with E-state index in [2.05, 4.69) is 22.9 Å². The summed E-state index contributed by atoms with van der Waals surface area (Å²) in [5.74, 6) is 1.00. The summed E-state index contributed by atoms with van der Waals surface area (Å²) in [5.41, 5.74) is 2.45. The fraction of sp³-hybridized carbons (Fsp3) is 0.261. The van der Waals surface area contributed by atoms with Gasteiger partial charge in [0.1, 0.15) is 18.1 Å². The van der Waals surface area contributed by atoms with Gasteiger partial charge in [-0.15, -0.1) is 0 Å². The molecule has 0 aliphatic carbocycles. The summed E-state index contributed by atoms with van der Waals surface area (Å²) in [6, 6.07) is 8.83. The summed E-state index contributed by atoms with van der Waals surface area (Å²) in [4.78, 5) is 15.0. The van der Waals surface area contributed by atoms with E-state index in [1.165, 1.54) is 0 Å². The van der Waals surface area contributed by atoms with Crippen LogP contribution in [-0.2, 0) is 6.61 Å². The van der Waals surface area contributed by atoms with E-state index in [1.54, 1.807) is 48.0 Å². The largest absolute Gasteiger partial charge is 0.495 e. The highest BCUT2D eigenvalue weighted by Crippen LogP contribution is 2.45. The minimum atomic E-state index is -0.628. The molecule has 6 nitrogen and oxygen atoms in total. The number of carbonyl (C=O) groups is 1. The molecule has 0 spiro atoms. The quantitative estimate of drug-likeness (QED) is 0.372. The number of ether oxygens (including phenoxy) is 2. The Morgan fingerprint density at radius 1 is 1.25 bits per heavy atom. The number of halogens is 3. The Morgan fingerprint density at radius 3 is 2.50 bits per heavy atom. The third-order valence-electron chi connectivity index (χ3n) is 5.37. The number of rotatable bonds is 4. The molecular weight excluding hydrogens is 517 g/mol. The fourth-order valence-electron chi connectivity index (χ4n) is 3.46. The first-order chi connectivity index (χ1) is 15.0. The molecule has 0 saturated heterocycles. The van der Waals surface area contributed by atoms with Gasteiger partial charge in [0.15, 0.2) is 11.2 Å². The molecule has 0 bridgehead atoms. The first-order valence-electron chi connectivity index (χ1n) is 9.74. The lowest BCUT2D eigenvalue weighted by Crippen LogP contribution is -2.43. The Labute approximate surface area is 205 Å². The van der Waals surface area contributed by atoms with Crippen molar-refractivity contribution in [1.82, 2.24) is 14.7 Å². The van der Waals surface area contributed by atoms with E-state index in [4.69, 9.17) is 37.8 Å². The lowest BCUT2D eigenvalue weighted by atomic mass is 10.0. The van der Waals surface area contributed by atoms with Gasteiger partial charge in [-0.25, -0.2) is 4.68 Å². The molecule has 1 amide bonds. The smallest absolute Gasteiger partial charge is 0.278 e. The van der Waals surface area contributed by atoms with E-state index in [9.17, 15) is 4.79 Å². The zero-order valence-electron chi connectivity index (χ0n) is 18.0. The Bertz CT molecular complexity index is 1210. The third kappa shape index (κ3) is 3.93. The molecule has 0 unspecified atom stereocenters. The number of aromatic nitrogens is 2. The van der Waals surface area contributed by atoms with Gasteiger partial charge in [0.2, 0.25) is 0 Å². The van der Waals surface area contributed by atoms with Crippen LogP contribution in [0.15, 0.2) is 34.8 Å². The molecule has 32 heavy (non-hydrogen) atoms. The van der Waals surface area contributed by atoms with Crippen molar-refractivity contribution >= 4 is 45.0 Å². The molecule has 1 aromatic heterocycles. The molecule has 166 valence electrons. The van der Waals surface area contributed by atoms with Crippen LogP contribution in [0.3, 0.4) is 0 Å². The monoisotopic (exact) mass is 536 g/mol. The second-order valence-electron chi connectivity index (χ2n) is 8.16. The summed E-state index contributed by atoms with van der Waals surface area (Å²) in [7, 11) is 3.29. The number of fused-ring (bicyclic) bond motifs is 3. The molecule has 2 heterocycles. The molecule has 9 heteroatoms. The SMILES string of the molecule is [CH2+]C(C)(C)N(C)C(=O)c1nn(-c2cc(Cl)cc(Cl)c2)c2c1COc1cc(OC)c(Br)cc1-2. The van der Waals surface area contributed by atoms with E-state index in [0.29, 0.717) is 32.8 Å². The number of hydrogen-bond acceptors (Lipinski definition) is 4. The van der Waals surface area contributed by atoms with Crippen LogP contribution in [-0.4, -0.2) is 40.3 Å². The number of benzene rings is 2. The molecule has 0 atom stereocenters. The Hall–Kier alpha value is -2.35. The van der Waals surface area contributed by atoms with Crippen molar-refractivity contribution < 1.29 is 14.3 Å². The highest BCUT2D eigenvalue weighted by Gasteiger charge is 2.36. The molecule has 1 aliphatic rings. The number of hydrogen-bond donors (Lipinski definition) is 0. The fourth-order valence-corrected chi connectivity index (χ4v) is 4.48. The highest BCUT2D eigenvalue weighted by molar-refractivity contribution is 9.10. The van der Waals surface area contributed by atoms with Gasteiger partial charge >= 0.3 is 0 Å². The highest BCUT2D eigenvalue weighted by atomic mass is 79.9. The maximum Gasteiger partial charge on any atom is 0.278 e. The van der Waals surface area contributed by atoms with E-state index >= 15 is 0 Å². The summed E-state index contributed by atoms with van der Waals surface area (Å²) < 4.78 is 13.8. The van der Waals surface area contributed by atoms with E-state index < -0.39 is 5.54 Å². The van der Waals surface area contributed by atoms with E-state index in [0.717, 1.165) is 15.7 Å². The van der Waals surface area contributed by atoms with Crippen molar-refractivity contribution in [3.8, 4) is 28.4 Å². The van der Waals surface area contributed by atoms with Crippen LogP contribution in [0.25, 0.3) is 16.9 Å². The van der Waals surface area contributed by atoms with Crippen molar-refractivity contribution in [2.75, 3.05) is 14.2 Å². The van der Waals surface area contributed by atoms with Gasteiger partial charge in [-0.05, 0) is 40.2 Å². The van der Waals surface area contributed by atoms with Crippen molar-refractivity contribution in [1.29, 1.82) is 0 Å². The van der Waals surface area contributed by atoms with Gasteiger partial charge in [-0.1, -0.05) is 23.2 Å². The normalized spacial score (nSPS) is 12.6. The standard InChI is InChI=1S/C23H21BrCl2N3O3/c1-23(2,3)28(4)22(30)20-16-11-32-18-10-19(31-5)17(24)9-15(18)21(16)29(27-20)14-7-12(25)6-13(26)8-14/h6-10H,1,11H2,2-5H3/q+1. The molecular formula is C23H21BrCl2N3O3+. The average Bonchev–Trinajstić information content (AvgIpc) is 3.11. The number of nitrogens with zero attached hydrogens (tertiary/aromatic N) is 3. The van der Waals surface area contributed by atoms with E-state index in [1.807, 2.05) is 19.9 Å². The minimum absolute atomic E-state index is 0.175. The summed E-state index contributed by atoms with van der Waals surface area (Å²) in [6.45, 7) is 7.97. The molecule has 2 aromatic carbocycles. The zero-order valence-corrected chi connectivity index (χ0v) is 21.1. The third-order valence-corrected chi connectivity index (χ3v) is 6.43. The Kier molecular flexibility index (Phi) is 5.86. The number of amides is 1. The molecule has 0 N–H and O–H groups in total. The van der Waals surface area contributed by atoms with Crippen molar-refractivity contribution in [3.63, 3.8) is 0 Å². The van der Waals surface area contributed by atoms with Gasteiger partial charge in [0.05, 0.1) is 29.9 Å². The molecule has 0 fully saturated rings. The van der Waals surface area contributed by atoms with Crippen LogP contribution in [0.4, 0.5) is 0 Å². The second-order valence-corrected chi connectivity index (χ2v) is 9.89. The minimum Gasteiger partial charge on any atom is -0.495 e. The Morgan fingerprint density at radius 2 is 1.91 bits per heavy atom. The van der Waals surface area contributed by atoms with Crippen LogP contribution >= 0.6 is 39.1 Å². The van der Waals surface area contributed by atoms with Crippen LogP contribution in [0.5, 0.6) is 11.5 Å². The van der Waals surface area contributed by atoms with Crippen LogP contribution in [0, 0.1) is 6.92 Å². The van der Waals surface area contributed by atoms with Crippen LogP contribution in [0.2, 0.25) is 10.0 Å². The van der Waals surface area contributed by atoms with Crippen LogP contribution in [0.1, 0.15) is 29.9 Å². The maximum atomic E-state index is 13.4. The summed E-state index contributed by atoms with van der Waals surface area (Å²) in [5, 5.41) is 5.63. The topological polar surface area (TPSA) is 56.6 Å².